The Morgan fingerprint density at radius 3 is 2.48 bits per heavy atom. The molecular weight excluding hydrogens is 345 g/mol. The first-order valence-electron chi connectivity index (χ1n) is 11.2. The van der Waals surface area contributed by atoms with E-state index in [1.54, 1.807) is 0 Å². The molecule has 0 aliphatic heterocycles. The first kappa shape index (κ1) is 22.9. The van der Waals surface area contributed by atoms with Crippen LogP contribution in [-0.4, -0.2) is 18.0 Å². The van der Waals surface area contributed by atoms with E-state index in [1.807, 2.05) is 0 Å². The van der Waals surface area contributed by atoms with Gasteiger partial charge in [0.1, 0.15) is 0 Å². The van der Waals surface area contributed by atoms with E-state index in [2.05, 4.69) is 83.8 Å². The minimum atomic E-state index is 0.338. The molecule has 2 heteroatoms. The number of allylic oxidation sites excluding steroid dienone is 4. The average molecular weight is 390 g/mol. The van der Waals surface area contributed by atoms with Gasteiger partial charge in [-0.2, -0.15) is 0 Å². The summed E-state index contributed by atoms with van der Waals surface area (Å²) in [6.45, 7) is 18.6. The molecular formula is C25H44NP. The molecule has 8 unspecified atom stereocenters. The van der Waals surface area contributed by atoms with Crippen LogP contribution in [0.4, 0.5) is 0 Å². The first-order chi connectivity index (χ1) is 12.8. The van der Waals surface area contributed by atoms with Crippen molar-refractivity contribution in [2.75, 3.05) is 6.16 Å². The quantitative estimate of drug-likeness (QED) is 0.280. The molecule has 0 aromatic heterocycles. The molecule has 0 radical (unpaired) electrons. The van der Waals surface area contributed by atoms with Gasteiger partial charge in [-0.05, 0) is 54.5 Å². The summed E-state index contributed by atoms with van der Waals surface area (Å²) in [6, 6.07) is 0.625. The molecule has 2 aliphatic carbocycles. The van der Waals surface area contributed by atoms with Crippen LogP contribution in [-0.2, 0) is 0 Å². The van der Waals surface area contributed by atoms with Crippen molar-refractivity contribution in [3.63, 3.8) is 0 Å². The summed E-state index contributed by atoms with van der Waals surface area (Å²) in [7, 11) is 1.01. The molecule has 2 rings (SSSR count). The summed E-state index contributed by atoms with van der Waals surface area (Å²) in [5.74, 6) is 4.01. The third-order valence-electron chi connectivity index (χ3n) is 6.94. The minimum Gasteiger partial charge on any atom is -0.307 e. The van der Waals surface area contributed by atoms with Gasteiger partial charge in [-0.25, -0.2) is 0 Å². The Morgan fingerprint density at radius 1 is 1.19 bits per heavy atom. The van der Waals surface area contributed by atoms with Gasteiger partial charge in [0, 0.05) is 17.7 Å². The van der Waals surface area contributed by atoms with Crippen molar-refractivity contribution in [3.8, 4) is 0 Å². The van der Waals surface area contributed by atoms with Gasteiger partial charge >= 0.3 is 0 Å². The van der Waals surface area contributed by atoms with Gasteiger partial charge in [-0.15, -0.1) is 15.2 Å². The predicted molar refractivity (Wildman–Crippen MR) is 125 cm³/mol. The fraction of sp³-hybridized carbons (Fsp3) is 0.760. The normalized spacial score (nSPS) is 36.1. The van der Waals surface area contributed by atoms with E-state index in [-0.39, 0.29) is 0 Å². The van der Waals surface area contributed by atoms with E-state index < -0.39 is 0 Å². The van der Waals surface area contributed by atoms with E-state index in [1.165, 1.54) is 31.8 Å². The Bertz CT molecular complexity index is 515. The highest BCUT2D eigenvalue weighted by molar-refractivity contribution is 7.38. The third kappa shape index (κ3) is 6.30. The molecule has 2 aliphatic rings. The lowest BCUT2D eigenvalue weighted by Gasteiger charge is -2.39. The van der Waals surface area contributed by atoms with Crippen LogP contribution >= 0.6 is 8.58 Å². The Kier molecular flexibility index (Phi) is 8.82. The highest BCUT2D eigenvalue weighted by Gasteiger charge is 2.38. The first-order valence-corrected chi connectivity index (χ1v) is 12.5. The lowest BCUT2D eigenvalue weighted by molar-refractivity contribution is 0.157. The van der Waals surface area contributed by atoms with Gasteiger partial charge < -0.3 is 5.32 Å². The van der Waals surface area contributed by atoms with Crippen molar-refractivity contribution in [2.45, 2.75) is 79.1 Å². The minimum absolute atomic E-state index is 0.338. The molecule has 1 fully saturated rings. The second-order valence-electron chi connectivity index (χ2n) is 10.1. The fourth-order valence-electron chi connectivity index (χ4n) is 5.04. The number of rotatable bonds is 7. The van der Waals surface area contributed by atoms with Crippen molar-refractivity contribution in [1.29, 1.82) is 0 Å². The van der Waals surface area contributed by atoms with Crippen LogP contribution in [0.3, 0.4) is 0 Å². The Morgan fingerprint density at radius 2 is 1.89 bits per heavy atom. The number of hydrogen-bond acceptors (Lipinski definition) is 1. The molecule has 0 aromatic carbocycles. The standard InChI is InChI=1S/C25H44NP/c1-8-16-27-24(21-13-11-10-12-18(21)3)26-23-17-22(25(5,6)7)20(9-2)15-14-19(23)4/h9-13,18-24,26-27H,2,8,14-17H2,1,3-7H3. The van der Waals surface area contributed by atoms with E-state index in [0.29, 0.717) is 40.9 Å². The van der Waals surface area contributed by atoms with Crippen LogP contribution in [0.5, 0.6) is 0 Å². The molecule has 0 bridgehead atoms. The molecule has 0 saturated heterocycles. The van der Waals surface area contributed by atoms with Crippen molar-refractivity contribution in [3.05, 3.63) is 37.0 Å². The highest BCUT2D eigenvalue weighted by Crippen LogP contribution is 2.43. The second kappa shape index (κ2) is 10.4. The maximum Gasteiger partial charge on any atom is 0.0310 e. The molecule has 1 N–H and O–H groups in total. The maximum absolute atomic E-state index is 4.22. The number of nitrogens with one attached hydrogen (secondary N) is 1. The Hall–Kier alpha value is -0.390. The van der Waals surface area contributed by atoms with Crippen LogP contribution in [0.1, 0.15) is 67.2 Å². The van der Waals surface area contributed by atoms with Gasteiger partial charge in [0.2, 0.25) is 0 Å². The zero-order valence-electron chi connectivity index (χ0n) is 18.7. The van der Waals surface area contributed by atoms with Gasteiger partial charge in [0.05, 0.1) is 0 Å². The predicted octanol–water partition coefficient (Wildman–Crippen LogP) is 7.02. The largest absolute Gasteiger partial charge is 0.307 e. The summed E-state index contributed by atoms with van der Waals surface area (Å²) in [5.41, 5.74) is 0.338. The lowest BCUT2D eigenvalue weighted by Crippen LogP contribution is -2.46. The van der Waals surface area contributed by atoms with E-state index in [9.17, 15) is 0 Å². The fourth-order valence-corrected chi connectivity index (χ4v) is 6.65. The summed E-state index contributed by atoms with van der Waals surface area (Å²) in [6.07, 6.45) is 18.1. The van der Waals surface area contributed by atoms with E-state index in [4.69, 9.17) is 0 Å². The van der Waals surface area contributed by atoms with Crippen LogP contribution < -0.4 is 5.32 Å². The molecule has 0 aromatic rings. The summed E-state index contributed by atoms with van der Waals surface area (Å²) in [5, 5.41) is 4.22. The van der Waals surface area contributed by atoms with Crippen molar-refractivity contribution in [1.82, 2.24) is 5.32 Å². The third-order valence-corrected chi connectivity index (χ3v) is 8.72. The van der Waals surface area contributed by atoms with Crippen LogP contribution in [0.15, 0.2) is 37.0 Å². The lowest BCUT2D eigenvalue weighted by atomic mass is 9.70. The second-order valence-corrected chi connectivity index (χ2v) is 11.6. The summed E-state index contributed by atoms with van der Waals surface area (Å²) < 4.78 is 0. The topological polar surface area (TPSA) is 12.0 Å². The van der Waals surface area contributed by atoms with Gasteiger partial charge in [0.15, 0.2) is 0 Å². The SMILES string of the molecule is C=CC1CCC(C)C(NC(PCCC)C2C=CC=CC2C)CC1C(C)(C)C. The molecule has 1 saturated carbocycles. The maximum atomic E-state index is 4.22. The van der Waals surface area contributed by atoms with Crippen LogP contribution in [0, 0.1) is 35.0 Å². The van der Waals surface area contributed by atoms with Gasteiger partial charge in [-0.3, -0.25) is 0 Å². The Balaban J connectivity index is 2.19. The molecule has 27 heavy (non-hydrogen) atoms. The molecule has 1 nitrogen and oxygen atoms in total. The van der Waals surface area contributed by atoms with Crippen LogP contribution in [0.2, 0.25) is 0 Å². The van der Waals surface area contributed by atoms with Crippen molar-refractivity contribution in [2.24, 2.45) is 35.0 Å². The van der Waals surface area contributed by atoms with Crippen LogP contribution in [0.25, 0.3) is 0 Å². The molecule has 8 atom stereocenters. The summed E-state index contributed by atoms with van der Waals surface area (Å²) >= 11 is 0. The molecule has 0 amide bonds. The highest BCUT2D eigenvalue weighted by atomic mass is 31.1. The van der Waals surface area contributed by atoms with E-state index >= 15 is 0 Å². The smallest absolute Gasteiger partial charge is 0.0310 e. The van der Waals surface area contributed by atoms with Crippen molar-refractivity contribution < 1.29 is 0 Å². The zero-order valence-corrected chi connectivity index (χ0v) is 19.7. The average Bonchev–Trinajstić information content (AvgIpc) is 2.78. The summed E-state index contributed by atoms with van der Waals surface area (Å²) in [4.78, 5) is 0. The number of hydrogen-bond donors (Lipinski definition) is 1. The molecule has 0 spiro atoms. The zero-order chi connectivity index (χ0) is 20.0. The van der Waals surface area contributed by atoms with Gasteiger partial charge in [-0.1, -0.05) is 78.3 Å². The molecule has 0 heterocycles. The van der Waals surface area contributed by atoms with E-state index in [0.717, 1.165) is 14.5 Å². The Labute approximate surface area is 171 Å². The van der Waals surface area contributed by atoms with Gasteiger partial charge in [0.25, 0.3) is 0 Å². The molecule has 154 valence electrons. The van der Waals surface area contributed by atoms with Crippen molar-refractivity contribution >= 4 is 8.58 Å². The monoisotopic (exact) mass is 389 g/mol.